The summed E-state index contributed by atoms with van der Waals surface area (Å²) < 4.78 is 0. The Morgan fingerprint density at radius 1 is 1.06 bits per heavy atom. The van der Waals surface area contributed by atoms with Crippen LogP contribution in [0.3, 0.4) is 0 Å². The lowest BCUT2D eigenvalue weighted by Crippen LogP contribution is -2.17. The Morgan fingerprint density at radius 2 is 1.77 bits per heavy atom. The molecule has 2 aliphatic rings. The van der Waals surface area contributed by atoms with Crippen LogP contribution in [0, 0.1) is 11.3 Å². The Morgan fingerprint density at radius 3 is 2.46 bits per heavy atom. The third-order valence-electron chi connectivity index (χ3n) is 7.24. The number of ketones is 1. The molecule has 1 aromatic rings. The number of hydrogen-bond donors (Lipinski definition) is 0. The number of allylic oxidation sites excluding steroid dienone is 6. The molecule has 0 aromatic heterocycles. The van der Waals surface area contributed by atoms with Crippen molar-refractivity contribution in [2.24, 2.45) is 16.3 Å². The molecule has 1 aliphatic carbocycles. The Kier molecular flexibility index (Phi) is 9.89. The van der Waals surface area contributed by atoms with Crippen LogP contribution in [-0.2, 0) is 4.79 Å². The molecule has 2 nitrogen and oxygen atoms in total. The van der Waals surface area contributed by atoms with Gasteiger partial charge in [-0.25, -0.2) is 0 Å². The van der Waals surface area contributed by atoms with Crippen molar-refractivity contribution < 1.29 is 4.79 Å². The van der Waals surface area contributed by atoms with E-state index in [-0.39, 0.29) is 23.0 Å². The van der Waals surface area contributed by atoms with Gasteiger partial charge in [0.15, 0.2) is 5.78 Å². The van der Waals surface area contributed by atoms with Crippen molar-refractivity contribution in [2.75, 3.05) is 0 Å². The van der Waals surface area contributed by atoms with Crippen molar-refractivity contribution >= 4 is 12.0 Å². The molecule has 1 heterocycles. The fourth-order valence-corrected chi connectivity index (χ4v) is 5.46. The van der Waals surface area contributed by atoms with Crippen molar-refractivity contribution in [1.82, 2.24) is 0 Å². The summed E-state index contributed by atoms with van der Waals surface area (Å²) in [6.45, 7) is 13.4. The van der Waals surface area contributed by atoms with Crippen molar-refractivity contribution in [3.05, 3.63) is 70.5 Å². The highest BCUT2D eigenvalue weighted by Gasteiger charge is 2.30. The number of carbonyl (C=O) groups is 1. The van der Waals surface area contributed by atoms with Gasteiger partial charge in [-0.05, 0) is 60.6 Å². The number of Topliss-reactive ketones (excluding diaryl/α,β-unsaturated/α-hetero) is 1. The fraction of sp³-hybridized carbons (Fsp3) is 0.576. The summed E-state index contributed by atoms with van der Waals surface area (Å²) in [6.07, 6.45) is 19.4. The standard InChI is InChI=1S/C33H47NO/c1-7-8-9-10-11-14-25-17-18-26(19-25)20-30(29-16-13-12-15-28(29)24(2)3)32(35)31-21-27(23-34-31)22-33(4,5)6/h12-13,15-16,18-19,21,23-24,27,30H,7-11,14,17,20,22H2,1-6H3. The van der Waals surface area contributed by atoms with Gasteiger partial charge in [0.1, 0.15) is 5.70 Å². The summed E-state index contributed by atoms with van der Waals surface area (Å²) in [5.41, 5.74) is 6.16. The first kappa shape index (κ1) is 27.4. The predicted molar refractivity (Wildman–Crippen MR) is 151 cm³/mol. The highest BCUT2D eigenvalue weighted by atomic mass is 16.1. The van der Waals surface area contributed by atoms with Gasteiger partial charge in [-0.1, -0.05) is 115 Å². The van der Waals surface area contributed by atoms with E-state index < -0.39 is 0 Å². The van der Waals surface area contributed by atoms with E-state index in [0.29, 0.717) is 11.6 Å². The van der Waals surface area contributed by atoms with Gasteiger partial charge in [0.25, 0.3) is 0 Å². The van der Waals surface area contributed by atoms with Crippen LogP contribution < -0.4 is 0 Å². The van der Waals surface area contributed by atoms with E-state index in [9.17, 15) is 4.79 Å². The van der Waals surface area contributed by atoms with Gasteiger partial charge in [-0.3, -0.25) is 9.79 Å². The molecular weight excluding hydrogens is 426 g/mol. The number of unbranched alkanes of at least 4 members (excludes halogenated alkanes) is 4. The van der Waals surface area contributed by atoms with E-state index in [0.717, 1.165) is 19.3 Å². The second-order valence-electron chi connectivity index (χ2n) is 12.1. The summed E-state index contributed by atoms with van der Waals surface area (Å²) in [7, 11) is 0. The first-order valence-corrected chi connectivity index (χ1v) is 14.0. The molecule has 0 N–H and O–H groups in total. The van der Waals surface area contributed by atoms with Gasteiger partial charge >= 0.3 is 0 Å². The molecule has 1 aromatic carbocycles. The van der Waals surface area contributed by atoms with E-state index in [4.69, 9.17) is 0 Å². The number of nitrogens with zero attached hydrogens (tertiary/aromatic N) is 1. The van der Waals surface area contributed by atoms with E-state index in [1.807, 2.05) is 6.21 Å². The third kappa shape index (κ3) is 8.16. The molecular formula is C33H47NO. The molecule has 0 bridgehead atoms. The van der Waals surface area contributed by atoms with Gasteiger partial charge in [0.05, 0.1) is 5.92 Å². The average molecular weight is 474 g/mol. The maximum Gasteiger partial charge on any atom is 0.188 e. The minimum atomic E-state index is -0.184. The second-order valence-corrected chi connectivity index (χ2v) is 12.1. The molecule has 0 amide bonds. The monoisotopic (exact) mass is 473 g/mol. The summed E-state index contributed by atoms with van der Waals surface area (Å²) in [5.74, 6) is 0.618. The minimum Gasteiger partial charge on any atom is -0.292 e. The summed E-state index contributed by atoms with van der Waals surface area (Å²) in [4.78, 5) is 18.6. The predicted octanol–water partition coefficient (Wildman–Crippen LogP) is 9.49. The smallest absolute Gasteiger partial charge is 0.188 e. The highest BCUT2D eigenvalue weighted by molar-refractivity contribution is 6.03. The lowest BCUT2D eigenvalue weighted by Gasteiger charge is -2.22. The zero-order valence-corrected chi connectivity index (χ0v) is 23.1. The Balaban J connectivity index is 1.79. The second kappa shape index (κ2) is 12.7. The van der Waals surface area contributed by atoms with Crippen molar-refractivity contribution in [1.29, 1.82) is 0 Å². The largest absolute Gasteiger partial charge is 0.292 e. The van der Waals surface area contributed by atoms with Crippen LogP contribution in [0.15, 0.2) is 64.3 Å². The molecule has 2 unspecified atom stereocenters. The quantitative estimate of drug-likeness (QED) is 0.262. The number of aliphatic imine (C=N–C) groups is 1. The lowest BCUT2D eigenvalue weighted by atomic mass is 9.81. The molecule has 35 heavy (non-hydrogen) atoms. The fourth-order valence-electron chi connectivity index (χ4n) is 5.46. The lowest BCUT2D eigenvalue weighted by molar-refractivity contribution is -0.117. The summed E-state index contributed by atoms with van der Waals surface area (Å²) in [6, 6.07) is 8.53. The van der Waals surface area contributed by atoms with Gasteiger partial charge in [0.2, 0.25) is 0 Å². The maximum atomic E-state index is 13.9. The van der Waals surface area contributed by atoms with Crippen molar-refractivity contribution in [2.45, 2.75) is 111 Å². The minimum absolute atomic E-state index is 0.174. The number of rotatable bonds is 13. The first-order chi connectivity index (χ1) is 16.7. The van der Waals surface area contributed by atoms with Crippen molar-refractivity contribution in [3.63, 3.8) is 0 Å². The van der Waals surface area contributed by atoms with Gasteiger partial charge in [-0.2, -0.15) is 0 Å². The van der Waals surface area contributed by atoms with Crippen LogP contribution in [0.4, 0.5) is 0 Å². The van der Waals surface area contributed by atoms with Crippen molar-refractivity contribution in [3.8, 4) is 0 Å². The Labute approximate surface area is 214 Å². The molecule has 0 spiro atoms. The molecule has 3 rings (SSSR count). The molecule has 0 radical (unpaired) electrons. The maximum absolute atomic E-state index is 13.9. The highest BCUT2D eigenvalue weighted by Crippen LogP contribution is 2.37. The molecule has 2 heteroatoms. The molecule has 2 atom stereocenters. The number of benzene rings is 1. The van der Waals surface area contributed by atoms with Gasteiger partial charge in [0, 0.05) is 12.1 Å². The van der Waals surface area contributed by atoms with Crippen LogP contribution in [0.2, 0.25) is 0 Å². The summed E-state index contributed by atoms with van der Waals surface area (Å²) >= 11 is 0. The van der Waals surface area contributed by atoms with Crippen LogP contribution in [0.25, 0.3) is 0 Å². The van der Waals surface area contributed by atoms with Gasteiger partial charge < -0.3 is 0 Å². The SMILES string of the molecule is CCCCCCCC1=CC(CC(C(=O)C2=CC(CC(C)(C)C)C=N2)c2ccccc2C(C)C)=CC1. The molecule has 0 saturated carbocycles. The molecule has 190 valence electrons. The van der Waals surface area contributed by atoms with E-state index in [1.54, 1.807) is 0 Å². The Hall–Kier alpha value is -2.22. The number of carbonyl (C=O) groups excluding carboxylic acids is 1. The molecule has 0 fully saturated rings. The van der Waals surface area contributed by atoms with E-state index in [1.165, 1.54) is 60.8 Å². The normalized spacial score (nSPS) is 18.6. The third-order valence-corrected chi connectivity index (χ3v) is 7.24. The number of hydrogen-bond acceptors (Lipinski definition) is 2. The molecule has 1 aliphatic heterocycles. The summed E-state index contributed by atoms with van der Waals surface area (Å²) in [5, 5.41) is 0. The first-order valence-electron chi connectivity index (χ1n) is 14.0. The van der Waals surface area contributed by atoms with Gasteiger partial charge in [-0.15, -0.1) is 0 Å². The van der Waals surface area contributed by atoms with E-state index in [2.05, 4.69) is 89.0 Å². The van der Waals surface area contributed by atoms with Crippen LogP contribution in [0.1, 0.15) is 122 Å². The molecule has 0 saturated heterocycles. The zero-order valence-electron chi connectivity index (χ0n) is 23.1. The van der Waals surface area contributed by atoms with E-state index >= 15 is 0 Å². The zero-order chi connectivity index (χ0) is 25.4. The van der Waals surface area contributed by atoms with Crippen LogP contribution in [0.5, 0.6) is 0 Å². The average Bonchev–Trinajstić information content (AvgIpc) is 3.45. The van der Waals surface area contributed by atoms with Crippen LogP contribution >= 0.6 is 0 Å². The Bertz CT molecular complexity index is 983. The topological polar surface area (TPSA) is 29.4 Å². The van der Waals surface area contributed by atoms with Crippen LogP contribution in [-0.4, -0.2) is 12.0 Å².